The van der Waals surface area contributed by atoms with E-state index in [9.17, 15) is 13.2 Å². The molecule has 1 saturated heterocycles. The highest BCUT2D eigenvalue weighted by Crippen LogP contribution is 2.22. The van der Waals surface area contributed by atoms with Gasteiger partial charge in [-0.25, -0.2) is 8.42 Å². The van der Waals surface area contributed by atoms with Crippen LogP contribution in [-0.2, 0) is 14.8 Å². The van der Waals surface area contributed by atoms with Crippen LogP contribution in [-0.4, -0.2) is 75.2 Å². The number of hydrogen-bond acceptors (Lipinski definition) is 4. The molecule has 1 aliphatic rings. The zero-order valence-electron chi connectivity index (χ0n) is 14.9. The van der Waals surface area contributed by atoms with Crippen LogP contribution in [0.3, 0.4) is 0 Å². The first-order chi connectivity index (χ1) is 11.2. The molecule has 0 spiro atoms. The highest BCUT2D eigenvalue weighted by atomic mass is 32.2. The van der Waals surface area contributed by atoms with Crippen LogP contribution in [0, 0.1) is 13.8 Å². The van der Waals surface area contributed by atoms with Crippen molar-refractivity contribution in [3.8, 4) is 0 Å². The molecule has 0 atom stereocenters. The van der Waals surface area contributed by atoms with Gasteiger partial charge in [0, 0.05) is 33.7 Å². The first-order valence-corrected chi connectivity index (χ1v) is 9.65. The number of aryl methyl sites for hydroxylation is 2. The third-order valence-electron chi connectivity index (χ3n) is 4.37. The molecule has 0 bridgehead atoms. The predicted molar refractivity (Wildman–Crippen MR) is 94.4 cm³/mol. The van der Waals surface area contributed by atoms with E-state index in [1.54, 1.807) is 29.4 Å². The van der Waals surface area contributed by atoms with Gasteiger partial charge in [-0.05, 0) is 44.0 Å². The van der Waals surface area contributed by atoms with E-state index in [1.807, 2.05) is 30.9 Å². The van der Waals surface area contributed by atoms with Crippen LogP contribution in [0.1, 0.15) is 17.5 Å². The van der Waals surface area contributed by atoms with E-state index < -0.39 is 10.0 Å². The van der Waals surface area contributed by atoms with E-state index in [0.29, 0.717) is 31.1 Å². The van der Waals surface area contributed by atoms with E-state index in [-0.39, 0.29) is 5.91 Å². The van der Waals surface area contributed by atoms with Crippen molar-refractivity contribution >= 4 is 15.9 Å². The molecular formula is C17H27N3O3S. The summed E-state index contributed by atoms with van der Waals surface area (Å²) in [6.45, 7) is 6.27. The van der Waals surface area contributed by atoms with Gasteiger partial charge in [0.1, 0.15) is 0 Å². The fourth-order valence-electron chi connectivity index (χ4n) is 2.80. The molecule has 1 aromatic carbocycles. The molecular weight excluding hydrogens is 326 g/mol. The minimum absolute atomic E-state index is 0.0424. The van der Waals surface area contributed by atoms with Crippen molar-refractivity contribution in [2.45, 2.75) is 25.2 Å². The number of sulfonamides is 1. The normalized spacial score (nSPS) is 17.5. The topological polar surface area (TPSA) is 60.9 Å². The predicted octanol–water partition coefficient (Wildman–Crippen LogP) is 1.09. The summed E-state index contributed by atoms with van der Waals surface area (Å²) in [5, 5.41) is 0. The maximum atomic E-state index is 13.0. The van der Waals surface area contributed by atoms with Gasteiger partial charge in [-0.3, -0.25) is 9.69 Å². The largest absolute Gasteiger partial charge is 0.348 e. The number of likely N-dealkylation sites (N-methyl/N-ethyl adjacent to an activating group) is 1. The van der Waals surface area contributed by atoms with Crippen molar-refractivity contribution < 1.29 is 13.2 Å². The number of rotatable bonds is 4. The van der Waals surface area contributed by atoms with Crippen LogP contribution in [0.5, 0.6) is 0 Å². The van der Waals surface area contributed by atoms with Crippen LogP contribution < -0.4 is 0 Å². The third-order valence-corrected chi connectivity index (χ3v) is 6.41. The van der Waals surface area contributed by atoms with Gasteiger partial charge in [0.15, 0.2) is 0 Å². The number of amides is 1. The first-order valence-electron chi connectivity index (χ1n) is 8.21. The van der Waals surface area contributed by atoms with Crippen molar-refractivity contribution in [3.05, 3.63) is 29.3 Å². The van der Waals surface area contributed by atoms with Gasteiger partial charge in [0.25, 0.3) is 0 Å². The molecule has 0 N–H and O–H groups in total. The lowest BCUT2D eigenvalue weighted by Crippen LogP contribution is -2.39. The molecule has 0 unspecified atom stereocenters. The molecule has 2 rings (SSSR count). The molecule has 1 aromatic rings. The Kier molecular flexibility index (Phi) is 6.01. The van der Waals surface area contributed by atoms with E-state index >= 15 is 0 Å². The molecule has 1 heterocycles. The lowest BCUT2D eigenvalue weighted by molar-refractivity contribution is -0.129. The number of benzene rings is 1. The average molecular weight is 353 g/mol. The minimum Gasteiger partial charge on any atom is -0.348 e. The Morgan fingerprint density at radius 3 is 2.50 bits per heavy atom. The molecule has 0 radical (unpaired) electrons. The number of carbonyl (C=O) groups excluding carboxylic acids is 1. The molecule has 0 aromatic heterocycles. The molecule has 7 heteroatoms. The molecule has 1 amide bonds. The summed E-state index contributed by atoms with van der Waals surface area (Å²) in [6, 6.07) is 5.51. The molecule has 0 saturated carbocycles. The van der Waals surface area contributed by atoms with Crippen LogP contribution in [0.4, 0.5) is 0 Å². The second-order valence-electron chi connectivity index (χ2n) is 6.59. The Morgan fingerprint density at radius 2 is 1.83 bits per heavy atom. The smallest absolute Gasteiger partial charge is 0.243 e. The Bertz CT molecular complexity index is 701. The second-order valence-corrected chi connectivity index (χ2v) is 8.50. The fourth-order valence-corrected chi connectivity index (χ4v) is 4.58. The molecule has 134 valence electrons. The Labute approximate surface area is 145 Å². The number of hydrogen-bond donors (Lipinski definition) is 0. The molecule has 0 aliphatic carbocycles. The third kappa shape index (κ3) is 4.34. The van der Waals surface area contributed by atoms with Crippen molar-refractivity contribution in [1.29, 1.82) is 0 Å². The Balaban J connectivity index is 2.13. The van der Waals surface area contributed by atoms with Crippen molar-refractivity contribution in [3.63, 3.8) is 0 Å². The molecule has 24 heavy (non-hydrogen) atoms. The average Bonchev–Trinajstić information content (AvgIpc) is 2.75. The van der Waals surface area contributed by atoms with Crippen molar-refractivity contribution in [1.82, 2.24) is 14.1 Å². The van der Waals surface area contributed by atoms with Gasteiger partial charge in [0.05, 0.1) is 11.4 Å². The zero-order valence-corrected chi connectivity index (χ0v) is 15.8. The summed E-state index contributed by atoms with van der Waals surface area (Å²) >= 11 is 0. The highest BCUT2D eigenvalue weighted by Gasteiger charge is 2.28. The first kappa shape index (κ1) is 18.9. The van der Waals surface area contributed by atoms with Gasteiger partial charge < -0.3 is 4.90 Å². The fraction of sp³-hybridized carbons (Fsp3) is 0.588. The van der Waals surface area contributed by atoms with E-state index in [1.165, 1.54) is 0 Å². The summed E-state index contributed by atoms with van der Waals surface area (Å²) in [4.78, 5) is 15.8. The Morgan fingerprint density at radius 1 is 1.12 bits per heavy atom. The summed E-state index contributed by atoms with van der Waals surface area (Å²) < 4.78 is 27.5. The van der Waals surface area contributed by atoms with Gasteiger partial charge in [-0.1, -0.05) is 12.1 Å². The van der Waals surface area contributed by atoms with Crippen LogP contribution in [0.25, 0.3) is 0 Å². The summed E-state index contributed by atoms with van der Waals surface area (Å²) in [6.07, 6.45) is 0.727. The lowest BCUT2D eigenvalue weighted by Gasteiger charge is -2.23. The van der Waals surface area contributed by atoms with E-state index in [4.69, 9.17) is 0 Å². The van der Waals surface area contributed by atoms with Crippen LogP contribution >= 0.6 is 0 Å². The maximum Gasteiger partial charge on any atom is 0.243 e. The van der Waals surface area contributed by atoms with Crippen LogP contribution in [0.2, 0.25) is 0 Å². The standard InChI is InChI=1S/C17H27N3O3S/c1-14-6-7-15(2)16(12-14)24(22,23)20-9-5-8-19(10-11-20)13-17(21)18(3)4/h6-7,12H,5,8-11,13H2,1-4H3. The summed E-state index contributed by atoms with van der Waals surface area (Å²) in [7, 11) is -0.0283. The van der Waals surface area contributed by atoms with Crippen LogP contribution in [0.15, 0.2) is 23.1 Å². The minimum atomic E-state index is -3.50. The molecule has 6 nitrogen and oxygen atoms in total. The van der Waals surface area contributed by atoms with Gasteiger partial charge in [0.2, 0.25) is 15.9 Å². The monoisotopic (exact) mass is 353 g/mol. The maximum absolute atomic E-state index is 13.0. The molecule has 1 aliphatic heterocycles. The van der Waals surface area contributed by atoms with Gasteiger partial charge in [-0.15, -0.1) is 0 Å². The summed E-state index contributed by atoms with van der Waals surface area (Å²) in [5.41, 5.74) is 1.71. The highest BCUT2D eigenvalue weighted by molar-refractivity contribution is 7.89. The summed E-state index contributed by atoms with van der Waals surface area (Å²) in [5.74, 6) is 0.0424. The number of nitrogens with zero attached hydrogens (tertiary/aromatic N) is 3. The van der Waals surface area contributed by atoms with E-state index in [2.05, 4.69) is 0 Å². The van der Waals surface area contributed by atoms with E-state index in [0.717, 1.165) is 24.1 Å². The van der Waals surface area contributed by atoms with Gasteiger partial charge in [-0.2, -0.15) is 4.31 Å². The Hall–Kier alpha value is -1.44. The SMILES string of the molecule is Cc1ccc(C)c(S(=O)(=O)N2CCCN(CC(=O)N(C)C)CC2)c1. The van der Waals surface area contributed by atoms with Crippen molar-refractivity contribution in [2.75, 3.05) is 46.8 Å². The number of carbonyl (C=O) groups is 1. The van der Waals surface area contributed by atoms with Crippen molar-refractivity contribution in [2.24, 2.45) is 0 Å². The molecule has 1 fully saturated rings. The quantitative estimate of drug-likeness (QED) is 0.813. The second kappa shape index (κ2) is 7.63. The lowest BCUT2D eigenvalue weighted by atomic mass is 10.2. The zero-order chi connectivity index (χ0) is 17.9. The van der Waals surface area contributed by atoms with Gasteiger partial charge >= 0.3 is 0 Å².